The van der Waals surface area contributed by atoms with Gasteiger partial charge in [-0.2, -0.15) is 0 Å². The molecule has 2 aliphatic rings. The second-order valence-corrected chi connectivity index (χ2v) is 9.06. The van der Waals surface area contributed by atoms with Gasteiger partial charge < -0.3 is 15.4 Å². The van der Waals surface area contributed by atoms with Gasteiger partial charge in [-0.25, -0.2) is 0 Å². The number of anilines is 1. The Labute approximate surface area is 175 Å². The highest BCUT2D eigenvalue weighted by atomic mass is 32.1. The van der Waals surface area contributed by atoms with E-state index in [1.165, 1.54) is 23.3 Å². The number of para-hydroxylation sites is 1. The second-order valence-electron chi connectivity index (χ2n) is 7.92. The maximum atomic E-state index is 12.9. The minimum Gasteiger partial charge on any atom is -0.376 e. The fraction of sp³-hybridized carbons (Fsp3) is 0.478. The van der Waals surface area contributed by atoms with E-state index < -0.39 is 0 Å². The molecule has 1 aromatic heterocycles. The molecule has 1 aromatic carbocycles. The number of rotatable bonds is 6. The monoisotopic (exact) mass is 412 g/mol. The summed E-state index contributed by atoms with van der Waals surface area (Å²) in [6, 6.07) is 9.20. The summed E-state index contributed by atoms with van der Waals surface area (Å²) in [6.45, 7) is 3.49. The Morgan fingerprint density at radius 2 is 2.07 bits per heavy atom. The first-order valence-electron chi connectivity index (χ1n) is 10.6. The molecule has 1 fully saturated rings. The number of aryl methyl sites for hydroxylation is 1. The van der Waals surface area contributed by atoms with Gasteiger partial charge in [-0.15, -0.1) is 11.3 Å². The van der Waals surface area contributed by atoms with Crippen LogP contribution in [0.1, 0.15) is 63.1 Å². The lowest BCUT2D eigenvalue weighted by Crippen LogP contribution is -2.32. The molecular formula is C23H28N2O3S. The van der Waals surface area contributed by atoms with E-state index in [1.807, 2.05) is 18.2 Å². The Morgan fingerprint density at radius 3 is 2.86 bits per heavy atom. The third-order valence-corrected chi connectivity index (χ3v) is 7.16. The van der Waals surface area contributed by atoms with Gasteiger partial charge in [-0.1, -0.05) is 25.5 Å². The van der Waals surface area contributed by atoms with Crippen LogP contribution >= 0.6 is 11.3 Å². The van der Waals surface area contributed by atoms with Gasteiger partial charge in [0.25, 0.3) is 11.8 Å². The predicted molar refractivity (Wildman–Crippen MR) is 116 cm³/mol. The molecule has 2 atom stereocenters. The molecule has 0 bridgehead atoms. The topological polar surface area (TPSA) is 67.4 Å². The van der Waals surface area contributed by atoms with Gasteiger partial charge in [0.15, 0.2) is 0 Å². The number of benzene rings is 1. The molecule has 2 amide bonds. The molecule has 0 radical (unpaired) electrons. The number of hydrogen-bond donors (Lipinski definition) is 2. The predicted octanol–water partition coefficient (Wildman–Crippen LogP) is 4.42. The Morgan fingerprint density at radius 1 is 1.21 bits per heavy atom. The van der Waals surface area contributed by atoms with Crippen LogP contribution in [-0.2, 0) is 17.6 Å². The van der Waals surface area contributed by atoms with Crippen molar-refractivity contribution in [3.63, 3.8) is 0 Å². The van der Waals surface area contributed by atoms with Crippen LogP contribution in [0.3, 0.4) is 0 Å². The van der Waals surface area contributed by atoms with Gasteiger partial charge in [-0.05, 0) is 61.8 Å². The minimum absolute atomic E-state index is 0.0880. The van der Waals surface area contributed by atoms with Crippen LogP contribution in [0.2, 0.25) is 0 Å². The van der Waals surface area contributed by atoms with Crippen molar-refractivity contribution < 1.29 is 14.3 Å². The van der Waals surface area contributed by atoms with E-state index >= 15 is 0 Å². The average Bonchev–Trinajstić information content (AvgIpc) is 3.41. The maximum absolute atomic E-state index is 12.9. The van der Waals surface area contributed by atoms with E-state index in [9.17, 15) is 9.59 Å². The van der Waals surface area contributed by atoms with E-state index in [-0.39, 0.29) is 17.9 Å². The van der Waals surface area contributed by atoms with Gasteiger partial charge in [0.2, 0.25) is 0 Å². The lowest BCUT2D eigenvalue weighted by Gasteiger charge is -2.19. The smallest absolute Gasteiger partial charge is 0.265 e. The number of carbonyl (C=O) groups excluding carboxylic acids is 2. The van der Waals surface area contributed by atoms with Crippen molar-refractivity contribution >= 4 is 28.8 Å². The zero-order valence-electron chi connectivity index (χ0n) is 16.8. The SMILES string of the molecule is CC[C@H]1CCc2sc(C(=O)Nc3ccccc3C(=O)NC[C@H]3CCCO3)cc2C1. The fourth-order valence-corrected chi connectivity index (χ4v) is 5.24. The molecule has 0 saturated carbocycles. The Kier molecular flexibility index (Phi) is 6.31. The molecule has 1 aliphatic heterocycles. The van der Waals surface area contributed by atoms with Crippen LogP contribution < -0.4 is 10.6 Å². The zero-order valence-corrected chi connectivity index (χ0v) is 17.6. The summed E-state index contributed by atoms with van der Waals surface area (Å²) in [6.07, 6.45) is 6.62. The second kappa shape index (κ2) is 9.09. The van der Waals surface area contributed by atoms with Gasteiger partial charge in [0.05, 0.1) is 22.2 Å². The van der Waals surface area contributed by atoms with E-state index in [4.69, 9.17) is 4.74 Å². The first kappa shape index (κ1) is 20.1. The number of thiophene rings is 1. The largest absolute Gasteiger partial charge is 0.376 e. The third-order valence-electron chi connectivity index (χ3n) is 5.92. The quantitative estimate of drug-likeness (QED) is 0.738. The summed E-state index contributed by atoms with van der Waals surface area (Å²) in [5.41, 5.74) is 2.34. The van der Waals surface area contributed by atoms with Crippen molar-refractivity contribution in [2.75, 3.05) is 18.5 Å². The number of fused-ring (bicyclic) bond motifs is 1. The van der Waals surface area contributed by atoms with Crippen LogP contribution in [0.25, 0.3) is 0 Å². The first-order chi connectivity index (χ1) is 14.1. The molecule has 2 heterocycles. The molecule has 4 rings (SSSR count). The van der Waals surface area contributed by atoms with Crippen LogP contribution in [0.15, 0.2) is 30.3 Å². The van der Waals surface area contributed by atoms with Gasteiger partial charge in [0.1, 0.15) is 0 Å². The fourth-order valence-electron chi connectivity index (χ4n) is 4.14. The molecule has 6 heteroatoms. The van der Waals surface area contributed by atoms with Crippen LogP contribution in [0.4, 0.5) is 5.69 Å². The standard InChI is InChI=1S/C23H28N2O3S/c1-2-15-9-10-20-16(12-15)13-21(29-20)23(27)25-19-8-4-3-7-18(19)22(26)24-14-17-6-5-11-28-17/h3-4,7-8,13,15,17H,2,5-6,9-12,14H2,1H3,(H,24,26)(H,25,27)/t15-,17+/m0/s1. The summed E-state index contributed by atoms with van der Waals surface area (Å²) in [5, 5.41) is 5.88. The normalized spacial score (nSPS) is 20.9. The summed E-state index contributed by atoms with van der Waals surface area (Å²) < 4.78 is 5.56. The Balaban J connectivity index is 1.43. The summed E-state index contributed by atoms with van der Waals surface area (Å²) in [7, 11) is 0. The summed E-state index contributed by atoms with van der Waals surface area (Å²) in [4.78, 5) is 27.6. The van der Waals surface area contributed by atoms with Crippen molar-refractivity contribution in [1.29, 1.82) is 0 Å². The minimum atomic E-state index is -0.187. The first-order valence-corrected chi connectivity index (χ1v) is 11.4. The number of nitrogens with one attached hydrogen (secondary N) is 2. The molecule has 29 heavy (non-hydrogen) atoms. The van der Waals surface area contributed by atoms with Gasteiger partial charge in [-0.3, -0.25) is 9.59 Å². The van der Waals surface area contributed by atoms with Crippen molar-refractivity contribution in [1.82, 2.24) is 5.32 Å². The number of carbonyl (C=O) groups is 2. The van der Waals surface area contributed by atoms with Crippen LogP contribution in [0.5, 0.6) is 0 Å². The third kappa shape index (κ3) is 4.70. The Bertz CT molecular complexity index is 886. The molecule has 154 valence electrons. The van der Waals surface area contributed by atoms with E-state index in [2.05, 4.69) is 17.6 Å². The van der Waals surface area contributed by atoms with E-state index in [0.29, 0.717) is 17.8 Å². The molecular weight excluding hydrogens is 384 g/mol. The van der Waals surface area contributed by atoms with E-state index in [0.717, 1.165) is 43.1 Å². The van der Waals surface area contributed by atoms with Crippen molar-refractivity contribution in [2.24, 2.45) is 5.92 Å². The number of ether oxygens (including phenoxy) is 1. The number of amides is 2. The molecule has 2 aromatic rings. The lowest BCUT2D eigenvalue weighted by molar-refractivity contribution is 0.0858. The highest BCUT2D eigenvalue weighted by Crippen LogP contribution is 2.34. The molecule has 5 nitrogen and oxygen atoms in total. The van der Waals surface area contributed by atoms with Crippen LogP contribution in [0, 0.1) is 5.92 Å². The molecule has 2 N–H and O–H groups in total. The highest BCUT2D eigenvalue weighted by molar-refractivity contribution is 7.14. The average molecular weight is 413 g/mol. The van der Waals surface area contributed by atoms with Crippen molar-refractivity contribution in [3.8, 4) is 0 Å². The van der Waals surface area contributed by atoms with Crippen LogP contribution in [-0.4, -0.2) is 31.1 Å². The summed E-state index contributed by atoms with van der Waals surface area (Å²) >= 11 is 1.59. The van der Waals surface area contributed by atoms with Crippen molar-refractivity contribution in [3.05, 3.63) is 51.2 Å². The van der Waals surface area contributed by atoms with Crippen molar-refractivity contribution in [2.45, 2.75) is 51.6 Å². The highest BCUT2D eigenvalue weighted by Gasteiger charge is 2.23. The van der Waals surface area contributed by atoms with Gasteiger partial charge >= 0.3 is 0 Å². The van der Waals surface area contributed by atoms with E-state index in [1.54, 1.807) is 23.5 Å². The molecule has 1 saturated heterocycles. The Hall–Kier alpha value is -2.18. The molecule has 1 aliphatic carbocycles. The lowest BCUT2D eigenvalue weighted by atomic mass is 9.87. The molecule has 0 unspecified atom stereocenters. The zero-order chi connectivity index (χ0) is 20.2. The summed E-state index contributed by atoms with van der Waals surface area (Å²) in [5.74, 6) is 0.394. The number of hydrogen-bond acceptors (Lipinski definition) is 4. The maximum Gasteiger partial charge on any atom is 0.265 e. The van der Waals surface area contributed by atoms with Gasteiger partial charge in [0, 0.05) is 18.0 Å². The molecule has 0 spiro atoms.